The summed E-state index contributed by atoms with van der Waals surface area (Å²) in [7, 11) is 0. The first-order valence-electron chi connectivity index (χ1n) is 3.10. The molecule has 0 radical (unpaired) electrons. The average Bonchev–Trinajstić information content (AvgIpc) is 2.29. The van der Waals surface area contributed by atoms with Gasteiger partial charge < -0.3 is 0 Å². The van der Waals surface area contributed by atoms with Gasteiger partial charge in [-0.15, -0.1) is 0 Å². The van der Waals surface area contributed by atoms with Gasteiger partial charge in [-0.05, 0) is 0 Å². The molecule has 2 heterocycles. The van der Waals surface area contributed by atoms with E-state index in [0.29, 0.717) is 15.0 Å². The summed E-state index contributed by atoms with van der Waals surface area (Å²) >= 11 is 1.98. The van der Waals surface area contributed by atoms with Crippen LogP contribution in [-0.4, -0.2) is 15.0 Å². The van der Waals surface area contributed by atoms with Crippen LogP contribution in [0, 0.1) is 3.83 Å². The van der Waals surface area contributed by atoms with E-state index < -0.39 is 11.2 Å². The minimum absolute atomic E-state index is 0.346. The number of aromatic nitrogens is 4. The number of hydrogen-bond acceptors (Lipinski definition) is 2. The molecule has 0 aromatic carbocycles. The van der Waals surface area contributed by atoms with E-state index in [4.69, 9.17) is 0 Å². The van der Waals surface area contributed by atoms with Crippen LogP contribution >= 0.6 is 22.6 Å². The Morgan fingerprint density at radius 1 is 1.17 bits per heavy atom. The quantitative estimate of drug-likeness (QED) is 0.424. The Balaban J connectivity index is 3.08. The van der Waals surface area contributed by atoms with Crippen LogP contribution in [0.5, 0.6) is 0 Å². The Labute approximate surface area is 78.6 Å². The van der Waals surface area contributed by atoms with Gasteiger partial charge in [0.25, 0.3) is 15.0 Å². The molecule has 12 heavy (non-hydrogen) atoms. The second-order valence-corrected chi connectivity index (χ2v) is 3.30. The van der Waals surface area contributed by atoms with Gasteiger partial charge in [0.05, 0.1) is 0 Å². The number of nitrogens with one attached hydrogen (secondary N) is 4. The summed E-state index contributed by atoms with van der Waals surface area (Å²) in [6.07, 6.45) is 0. The first-order chi connectivity index (χ1) is 5.66. The highest BCUT2D eigenvalue weighted by molar-refractivity contribution is 14.1. The van der Waals surface area contributed by atoms with Crippen molar-refractivity contribution < 1.29 is 4.98 Å². The molecule has 0 aliphatic heterocycles. The molecule has 0 fully saturated rings. The van der Waals surface area contributed by atoms with Crippen LogP contribution in [0.4, 0.5) is 0 Å². The molecule has 0 saturated heterocycles. The van der Waals surface area contributed by atoms with E-state index in [1.54, 1.807) is 0 Å². The van der Waals surface area contributed by atoms with Crippen molar-refractivity contribution in [3.05, 3.63) is 24.7 Å². The third-order valence-corrected chi connectivity index (χ3v) is 1.95. The van der Waals surface area contributed by atoms with Crippen molar-refractivity contribution in [2.75, 3.05) is 0 Å². The van der Waals surface area contributed by atoms with E-state index in [1.165, 1.54) is 0 Å². The van der Waals surface area contributed by atoms with Gasteiger partial charge >= 0.3 is 5.69 Å². The van der Waals surface area contributed by atoms with Crippen LogP contribution in [0.25, 0.3) is 11.2 Å². The molecule has 0 atom stereocenters. The van der Waals surface area contributed by atoms with Gasteiger partial charge in [-0.25, -0.2) is 14.8 Å². The number of fused-ring (bicyclic) bond motifs is 1. The zero-order valence-corrected chi connectivity index (χ0v) is 7.85. The lowest BCUT2D eigenvalue weighted by Gasteiger charge is -1.77. The van der Waals surface area contributed by atoms with Crippen molar-refractivity contribution >= 4 is 33.8 Å². The number of halogens is 1. The number of hydrogen-bond donors (Lipinski definition) is 3. The minimum atomic E-state index is -0.515. The topological polar surface area (TPSA) is 95.7 Å². The highest BCUT2D eigenvalue weighted by atomic mass is 127. The zero-order valence-electron chi connectivity index (χ0n) is 5.69. The van der Waals surface area contributed by atoms with Crippen molar-refractivity contribution in [2.24, 2.45) is 0 Å². The van der Waals surface area contributed by atoms with Gasteiger partial charge in [0.2, 0.25) is 5.52 Å². The van der Waals surface area contributed by atoms with Gasteiger partial charge in [-0.1, -0.05) is 0 Å². The molecule has 6 nitrogen and oxygen atoms in total. The lowest BCUT2D eigenvalue weighted by atomic mass is 10.5. The van der Waals surface area contributed by atoms with Gasteiger partial charge in [0.15, 0.2) is 0 Å². The summed E-state index contributed by atoms with van der Waals surface area (Å²) in [6, 6.07) is 0. The van der Waals surface area contributed by atoms with Gasteiger partial charge in [-0.2, -0.15) is 0 Å². The summed E-state index contributed by atoms with van der Waals surface area (Å²) in [5, 5.41) is 0. The fraction of sp³-hybridized carbons (Fsp3) is 0. The summed E-state index contributed by atoms with van der Waals surface area (Å²) in [5.74, 6) is 0. The van der Waals surface area contributed by atoms with Crippen molar-refractivity contribution in [3.8, 4) is 0 Å². The maximum Gasteiger partial charge on any atom is 0.384 e. The molecule has 2 aromatic rings. The molecule has 0 unspecified atom stereocenters. The van der Waals surface area contributed by atoms with E-state index in [0.717, 1.165) is 0 Å². The predicted octanol–water partition coefficient (Wildman–Crippen LogP) is -1.04. The largest absolute Gasteiger partial charge is 0.384 e. The molecular formula is C5H4IN4O2+. The summed E-state index contributed by atoms with van der Waals surface area (Å²) in [5.41, 5.74) is -0.181. The lowest BCUT2D eigenvalue weighted by molar-refractivity contribution is -0.364. The van der Waals surface area contributed by atoms with E-state index in [9.17, 15) is 9.59 Å². The summed E-state index contributed by atoms with van der Waals surface area (Å²) in [4.78, 5) is 32.0. The van der Waals surface area contributed by atoms with Gasteiger partial charge in [-0.3, -0.25) is 14.8 Å². The Morgan fingerprint density at radius 2 is 1.92 bits per heavy atom. The molecule has 2 aromatic heterocycles. The second-order valence-electron chi connectivity index (χ2n) is 2.22. The lowest BCUT2D eigenvalue weighted by Crippen LogP contribution is -2.23. The normalized spacial score (nSPS) is 10.8. The fourth-order valence-electron chi connectivity index (χ4n) is 0.950. The SMILES string of the molecule is O=c1[nH]c(=O)c2[nH]c(I)[nH+]c2[nH]1. The van der Waals surface area contributed by atoms with E-state index >= 15 is 0 Å². The van der Waals surface area contributed by atoms with Crippen LogP contribution in [0.15, 0.2) is 9.59 Å². The molecule has 0 bridgehead atoms. The van der Waals surface area contributed by atoms with Crippen LogP contribution < -0.4 is 16.2 Å². The van der Waals surface area contributed by atoms with Crippen LogP contribution in [-0.2, 0) is 0 Å². The minimum Gasteiger partial charge on any atom is -0.265 e. The van der Waals surface area contributed by atoms with Crippen LogP contribution in [0.2, 0.25) is 0 Å². The summed E-state index contributed by atoms with van der Waals surface area (Å²) < 4.78 is 0.690. The Morgan fingerprint density at radius 3 is 2.67 bits per heavy atom. The molecule has 0 amide bonds. The highest BCUT2D eigenvalue weighted by Gasteiger charge is 2.10. The average molecular weight is 279 g/mol. The van der Waals surface area contributed by atoms with Crippen molar-refractivity contribution in [1.82, 2.24) is 15.0 Å². The Kier molecular flexibility index (Phi) is 1.53. The van der Waals surface area contributed by atoms with Crippen molar-refractivity contribution in [2.45, 2.75) is 0 Å². The monoisotopic (exact) mass is 279 g/mol. The van der Waals surface area contributed by atoms with E-state index in [-0.39, 0.29) is 0 Å². The molecule has 0 spiro atoms. The number of H-pyrrole nitrogens is 4. The molecule has 0 aliphatic rings. The third-order valence-electron chi connectivity index (χ3n) is 1.41. The molecule has 7 heteroatoms. The highest BCUT2D eigenvalue weighted by Crippen LogP contribution is 1.96. The number of aromatic amines is 4. The van der Waals surface area contributed by atoms with Crippen molar-refractivity contribution in [1.29, 1.82) is 0 Å². The molecule has 4 N–H and O–H groups in total. The van der Waals surface area contributed by atoms with E-state index in [1.807, 2.05) is 22.6 Å². The standard InChI is InChI=1S/C5H3IN4O2/c6-4-7-1-2(8-4)9-5(12)10-3(1)11/h(H3,7,8,9,10,11,12)/p+1. The van der Waals surface area contributed by atoms with Crippen LogP contribution in [0.3, 0.4) is 0 Å². The molecule has 0 aliphatic carbocycles. The zero-order chi connectivity index (χ0) is 8.72. The number of rotatable bonds is 0. The number of imidazole rings is 1. The summed E-state index contributed by atoms with van der Waals surface area (Å²) in [6.45, 7) is 0. The molecule has 62 valence electrons. The van der Waals surface area contributed by atoms with Gasteiger partial charge in [0.1, 0.15) is 0 Å². The predicted molar refractivity (Wildman–Crippen MR) is 48.8 cm³/mol. The second kappa shape index (κ2) is 2.44. The molecule has 0 saturated carbocycles. The first kappa shape index (κ1) is 7.53. The van der Waals surface area contributed by atoms with Crippen LogP contribution in [0.1, 0.15) is 0 Å². The smallest absolute Gasteiger partial charge is 0.265 e. The van der Waals surface area contributed by atoms with Gasteiger partial charge in [0, 0.05) is 22.6 Å². The Bertz CT molecular complexity index is 536. The van der Waals surface area contributed by atoms with E-state index in [2.05, 4.69) is 19.9 Å². The first-order valence-corrected chi connectivity index (χ1v) is 4.18. The fourth-order valence-corrected chi connectivity index (χ4v) is 1.49. The Hall–Kier alpha value is -1.12. The molecular weight excluding hydrogens is 275 g/mol. The van der Waals surface area contributed by atoms with Crippen molar-refractivity contribution in [3.63, 3.8) is 0 Å². The molecule has 2 rings (SSSR count). The third kappa shape index (κ3) is 1.05. The maximum absolute atomic E-state index is 11.1. The maximum atomic E-state index is 11.1.